The molecule has 0 aliphatic carbocycles. The minimum Gasteiger partial charge on any atom is -0.398 e. The molecule has 0 heterocycles. The van der Waals surface area contributed by atoms with Crippen molar-refractivity contribution in [2.24, 2.45) is 0 Å². The molecule has 1 rings (SSSR count). The molecule has 0 aliphatic rings. The van der Waals surface area contributed by atoms with Gasteiger partial charge in [-0.1, -0.05) is 18.2 Å². The van der Waals surface area contributed by atoms with Crippen LogP contribution in [0.15, 0.2) is 30.9 Å². The molecular formula is C13H18N2O. The highest BCUT2D eigenvalue weighted by molar-refractivity contribution is 5.99. The average molecular weight is 218 g/mol. The second-order valence-corrected chi connectivity index (χ2v) is 3.94. The second-order valence-electron chi connectivity index (χ2n) is 3.94. The summed E-state index contributed by atoms with van der Waals surface area (Å²) in [4.78, 5) is 11.9. The predicted octanol–water partition coefficient (Wildman–Crippen LogP) is 2.27. The Kier molecular flexibility index (Phi) is 4.11. The third kappa shape index (κ3) is 2.86. The lowest BCUT2D eigenvalue weighted by molar-refractivity contribution is 0.0941. The molecule has 0 bridgehead atoms. The van der Waals surface area contributed by atoms with Gasteiger partial charge in [0, 0.05) is 11.7 Å². The first-order valence-electron chi connectivity index (χ1n) is 5.33. The molecule has 0 fully saturated rings. The lowest BCUT2D eigenvalue weighted by Crippen LogP contribution is -2.32. The number of carbonyl (C=O) groups is 1. The summed E-state index contributed by atoms with van der Waals surface area (Å²) in [5.41, 5.74) is 7.86. The number of nitrogen functional groups attached to an aromatic ring is 1. The molecule has 3 N–H and O–H groups in total. The fourth-order valence-corrected chi connectivity index (χ4v) is 1.49. The van der Waals surface area contributed by atoms with E-state index >= 15 is 0 Å². The smallest absolute Gasteiger partial charge is 0.253 e. The monoisotopic (exact) mass is 218 g/mol. The van der Waals surface area contributed by atoms with Crippen molar-refractivity contribution in [2.45, 2.75) is 26.3 Å². The molecule has 0 spiro atoms. The molecule has 16 heavy (non-hydrogen) atoms. The lowest BCUT2D eigenvalue weighted by Gasteiger charge is -2.13. The van der Waals surface area contributed by atoms with E-state index in [1.807, 2.05) is 26.0 Å². The van der Waals surface area contributed by atoms with Crippen molar-refractivity contribution in [3.8, 4) is 0 Å². The Morgan fingerprint density at radius 2 is 2.31 bits per heavy atom. The summed E-state index contributed by atoms with van der Waals surface area (Å²) in [7, 11) is 0. The van der Waals surface area contributed by atoms with Crippen molar-refractivity contribution < 1.29 is 4.79 Å². The van der Waals surface area contributed by atoms with Crippen LogP contribution in [0.1, 0.15) is 29.3 Å². The molecule has 1 aromatic carbocycles. The maximum absolute atomic E-state index is 11.9. The van der Waals surface area contributed by atoms with Crippen LogP contribution < -0.4 is 11.1 Å². The van der Waals surface area contributed by atoms with Gasteiger partial charge in [0.05, 0.1) is 5.56 Å². The zero-order chi connectivity index (χ0) is 12.1. The molecule has 1 atom stereocenters. The number of hydrogen-bond donors (Lipinski definition) is 2. The fraction of sp³-hybridized carbons (Fsp3) is 0.308. The number of nitrogens with two attached hydrogens (primary N) is 1. The van der Waals surface area contributed by atoms with E-state index in [9.17, 15) is 4.79 Å². The zero-order valence-electron chi connectivity index (χ0n) is 9.79. The molecule has 1 amide bonds. The number of rotatable bonds is 4. The van der Waals surface area contributed by atoms with Crippen molar-refractivity contribution >= 4 is 11.6 Å². The third-order valence-electron chi connectivity index (χ3n) is 2.47. The number of amides is 1. The highest BCUT2D eigenvalue weighted by Crippen LogP contribution is 2.16. The number of para-hydroxylation sites is 1. The van der Waals surface area contributed by atoms with Gasteiger partial charge >= 0.3 is 0 Å². The van der Waals surface area contributed by atoms with Gasteiger partial charge in [0.25, 0.3) is 5.91 Å². The van der Waals surface area contributed by atoms with E-state index in [-0.39, 0.29) is 11.9 Å². The Hall–Kier alpha value is -1.77. The van der Waals surface area contributed by atoms with E-state index in [2.05, 4.69) is 11.9 Å². The van der Waals surface area contributed by atoms with Crippen LogP contribution >= 0.6 is 0 Å². The van der Waals surface area contributed by atoms with Crippen molar-refractivity contribution in [1.82, 2.24) is 5.32 Å². The first-order chi connectivity index (χ1) is 7.56. The first-order valence-corrected chi connectivity index (χ1v) is 5.33. The maximum Gasteiger partial charge on any atom is 0.253 e. The molecule has 0 saturated carbocycles. The molecule has 0 radical (unpaired) electrons. The van der Waals surface area contributed by atoms with Gasteiger partial charge in [0.15, 0.2) is 0 Å². The van der Waals surface area contributed by atoms with Crippen LogP contribution in [0.4, 0.5) is 5.69 Å². The number of nitrogens with one attached hydrogen (secondary N) is 1. The largest absolute Gasteiger partial charge is 0.398 e. The molecule has 86 valence electrons. The summed E-state index contributed by atoms with van der Waals surface area (Å²) < 4.78 is 0. The minimum atomic E-state index is -0.129. The normalized spacial score (nSPS) is 11.9. The van der Waals surface area contributed by atoms with Gasteiger partial charge in [-0.2, -0.15) is 0 Å². The quantitative estimate of drug-likeness (QED) is 0.601. The van der Waals surface area contributed by atoms with Crippen LogP contribution in [-0.2, 0) is 0 Å². The number of aryl methyl sites for hydroxylation is 1. The molecule has 1 unspecified atom stereocenters. The molecule has 0 saturated heterocycles. The number of benzene rings is 1. The van der Waals surface area contributed by atoms with Gasteiger partial charge in [-0.15, -0.1) is 6.58 Å². The molecule has 0 aliphatic heterocycles. The van der Waals surface area contributed by atoms with E-state index < -0.39 is 0 Å². The lowest BCUT2D eigenvalue weighted by atomic mass is 10.1. The van der Waals surface area contributed by atoms with Crippen LogP contribution in [0.25, 0.3) is 0 Å². The third-order valence-corrected chi connectivity index (χ3v) is 2.47. The van der Waals surface area contributed by atoms with E-state index in [1.54, 1.807) is 12.1 Å². The molecule has 0 aromatic heterocycles. The zero-order valence-corrected chi connectivity index (χ0v) is 9.79. The summed E-state index contributed by atoms with van der Waals surface area (Å²) in [6, 6.07) is 5.53. The summed E-state index contributed by atoms with van der Waals surface area (Å²) in [5, 5.41) is 2.87. The van der Waals surface area contributed by atoms with Crippen molar-refractivity contribution in [2.75, 3.05) is 5.73 Å². The summed E-state index contributed by atoms with van der Waals surface area (Å²) >= 11 is 0. The molecular weight excluding hydrogens is 200 g/mol. The topological polar surface area (TPSA) is 55.1 Å². The second kappa shape index (κ2) is 5.35. The Balaban J connectivity index is 2.81. The van der Waals surface area contributed by atoms with Gasteiger partial charge in [-0.3, -0.25) is 4.79 Å². The first kappa shape index (κ1) is 12.3. The van der Waals surface area contributed by atoms with Crippen LogP contribution in [0, 0.1) is 6.92 Å². The highest BCUT2D eigenvalue weighted by Gasteiger charge is 2.12. The fourth-order valence-electron chi connectivity index (χ4n) is 1.49. The predicted molar refractivity (Wildman–Crippen MR) is 67.3 cm³/mol. The van der Waals surface area contributed by atoms with Gasteiger partial charge < -0.3 is 11.1 Å². The standard InChI is InChI=1S/C13H18N2O/c1-4-6-10(3)15-13(16)11-8-5-7-9(2)12(11)14/h4-5,7-8,10H,1,6,14H2,2-3H3,(H,15,16). The van der Waals surface area contributed by atoms with Crippen LogP contribution in [-0.4, -0.2) is 11.9 Å². The summed E-state index contributed by atoms with van der Waals surface area (Å²) in [6.45, 7) is 7.46. The van der Waals surface area contributed by atoms with Crippen LogP contribution in [0.2, 0.25) is 0 Å². The minimum absolute atomic E-state index is 0.0740. The van der Waals surface area contributed by atoms with Crippen molar-refractivity contribution in [1.29, 1.82) is 0 Å². The van der Waals surface area contributed by atoms with E-state index in [0.717, 1.165) is 12.0 Å². The SMILES string of the molecule is C=CCC(C)NC(=O)c1cccc(C)c1N. The van der Waals surface area contributed by atoms with E-state index in [1.165, 1.54) is 0 Å². The Bertz CT molecular complexity index is 399. The van der Waals surface area contributed by atoms with Crippen LogP contribution in [0.5, 0.6) is 0 Å². The molecule has 3 heteroatoms. The van der Waals surface area contributed by atoms with E-state index in [0.29, 0.717) is 11.3 Å². The van der Waals surface area contributed by atoms with Crippen molar-refractivity contribution in [3.05, 3.63) is 42.0 Å². The average Bonchev–Trinajstić information content (AvgIpc) is 2.22. The Morgan fingerprint density at radius 1 is 1.62 bits per heavy atom. The maximum atomic E-state index is 11.9. The van der Waals surface area contributed by atoms with Crippen molar-refractivity contribution in [3.63, 3.8) is 0 Å². The number of anilines is 1. The van der Waals surface area contributed by atoms with Gasteiger partial charge in [-0.05, 0) is 31.9 Å². The molecule has 1 aromatic rings. The Labute approximate surface area is 96.3 Å². The van der Waals surface area contributed by atoms with Gasteiger partial charge in [-0.25, -0.2) is 0 Å². The highest BCUT2D eigenvalue weighted by atomic mass is 16.1. The van der Waals surface area contributed by atoms with Gasteiger partial charge in [0.2, 0.25) is 0 Å². The molecule has 3 nitrogen and oxygen atoms in total. The summed E-state index contributed by atoms with van der Waals surface area (Å²) in [5.74, 6) is -0.129. The van der Waals surface area contributed by atoms with Gasteiger partial charge in [0.1, 0.15) is 0 Å². The van der Waals surface area contributed by atoms with Crippen LogP contribution in [0.3, 0.4) is 0 Å². The number of hydrogen-bond acceptors (Lipinski definition) is 2. The summed E-state index contributed by atoms with van der Waals surface area (Å²) in [6.07, 6.45) is 2.53. The van der Waals surface area contributed by atoms with E-state index in [4.69, 9.17) is 5.73 Å². The Morgan fingerprint density at radius 3 is 2.94 bits per heavy atom. The number of carbonyl (C=O) groups excluding carboxylic acids is 1.